The molecule has 2 heterocycles. The number of hydrogen-bond acceptors (Lipinski definition) is 6. The number of amides is 1. The molecule has 2 aromatic carbocycles. The summed E-state index contributed by atoms with van der Waals surface area (Å²) in [5.41, 5.74) is 4.79. The summed E-state index contributed by atoms with van der Waals surface area (Å²) in [5.74, 6) is 1.40. The minimum Gasteiger partial charge on any atom is -0.481 e. The minimum atomic E-state index is -0.611. The number of hydrogen-bond donors (Lipinski definition) is 1. The van der Waals surface area contributed by atoms with Gasteiger partial charge in [0.2, 0.25) is 0 Å². The molecule has 1 atom stereocenters. The summed E-state index contributed by atoms with van der Waals surface area (Å²) < 4.78 is 5.81. The average molecular weight is 446 g/mol. The van der Waals surface area contributed by atoms with E-state index in [4.69, 9.17) is 4.74 Å². The van der Waals surface area contributed by atoms with Crippen molar-refractivity contribution in [3.8, 4) is 17.0 Å². The second kappa shape index (κ2) is 10.0. The van der Waals surface area contributed by atoms with Crippen LogP contribution in [0.5, 0.6) is 5.75 Å². The molecule has 0 radical (unpaired) electrons. The molecule has 0 aliphatic carbocycles. The number of nitrogens with one attached hydrogen (secondary N) is 1. The predicted molar refractivity (Wildman–Crippen MR) is 132 cm³/mol. The van der Waals surface area contributed by atoms with Crippen LogP contribution >= 0.6 is 0 Å². The van der Waals surface area contributed by atoms with E-state index in [2.05, 4.69) is 32.4 Å². The highest BCUT2D eigenvalue weighted by atomic mass is 16.5. The van der Waals surface area contributed by atoms with E-state index in [1.54, 1.807) is 6.92 Å². The summed E-state index contributed by atoms with van der Waals surface area (Å²) in [6.45, 7) is 9.81. The number of rotatable bonds is 6. The van der Waals surface area contributed by atoms with Crippen molar-refractivity contribution < 1.29 is 9.53 Å². The number of ether oxygens (including phenoxy) is 1. The molecule has 1 aliphatic rings. The van der Waals surface area contributed by atoms with Crippen LogP contribution in [0.3, 0.4) is 0 Å². The van der Waals surface area contributed by atoms with Crippen molar-refractivity contribution in [2.75, 3.05) is 43.4 Å². The number of anilines is 2. The number of aromatic nitrogens is 2. The van der Waals surface area contributed by atoms with Crippen LogP contribution in [0.25, 0.3) is 11.3 Å². The van der Waals surface area contributed by atoms with Gasteiger partial charge in [0.05, 0.1) is 5.69 Å². The Morgan fingerprint density at radius 3 is 2.30 bits per heavy atom. The summed E-state index contributed by atoms with van der Waals surface area (Å²) in [6, 6.07) is 17.4. The molecule has 1 unspecified atom stereocenters. The van der Waals surface area contributed by atoms with Gasteiger partial charge >= 0.3 is 0 Å². The smallest absolute Gasteiger partial charge is 0.265 e. The summed E-state index contributed by atoms with van der Waals surface area (Å²) >= 11 is 0. The lowest BCUT2D eigenvalue weighted by Crippen LogP contribution is -2.44. The number of benzene rings is 2. The molecule has 1 aromatic heterocycles. The van der Waals surface area contributed by atoms with Gasteiger partial charge in [-0.15, -0.1) is 10.2 Å². The molecule has 1 N–H and O–H groups in total. The lowest BCUT2D eigenvalue weighted by Gasteiger charge is -2.32. The Kier molecular flexibility index (Phi) is 6.89. The van der Waals surface area contributed by atoms with Crippen LogP contribution in [0.1, 0.15) is 18.1 Å². The first kappa shape index (κ1) is 22.7. The maximum Gasteiger partial charge on any atom is 0.265 e. The Morgan fingerprint density at radius 2 is 1.67 bits per heavy atom. The molecule has 0 bridgehead atoms. The Morgan fingerprint density at radius 1 is 0.939 bits per heavy atom. The first-order valence-electron chi connectivity index (χ1n) is 11.3. The van der Waals surface area contributed by atoms with E-state index in [9.17, 15) is 4.79 Å². The number of aryl methyl sites for hydroxylation is 2. The number of carbonyl (C=O) groups is 1. The summed E-state index contributed by atoms with van der Waals surface area (Å²) in [7, 11) is 2.14. The molecule has 7 nitrogen and oxygen atoms in total. The first-order chi connectivity index (χ1) is 15.9. The van der Waals surface area contributed by atoms with Crippen molar-refractivity contribution in [2.45, 2.75) is 26.9 Å². The first-order valence-corrected chi connectivity index (χ1v) is 11.3. The van der Waals surface area contributed by atoms with Crippen LogP contribution in [0.2, 0.25) is 0 Å². The number of likely N-dealkylation sites (N-methyl/N-ethyl adjacent to an activating group) is 1. The molecule has 1 amide bonds. The third-order valence-corrected chi connectivity index (χ3v) is 6.09. The molecule has 7 heteroatoms. The van der Waals surface area contributed by atoms with Crippen molar-refractivity contribution >= 4 is 17.4 Å². The monoisotopic (exact) mass is 445 g/mol. The van der Waals surface area contributed by atoms with Crippen molar-refractivity contribution in [3.05, 3.63) is 65.7 Å². The molecule has 3 aromatic rings. The van der Waals surface area contributed by atoms with E-state index in [-0.39, 0.29) is 5.91 Å². The van der Waals surface area contributed by atoms with Crippen molar-refractivity contribution in [3.63, 3.8) is 0 Å². The second-order valence-corrected chi connectivity index (χ2v) is 8.64. The van der Waals surface area contributed by atoms with Crippen LogP contribution in [-0.2, 0) is 4.79 Å². The Balaban J connectivity index is 1.34. The van der Waals surface area contributed by atoms with Gasteiger partial charge in [0, 0.05) is 37.4 Å². The molecule has 172 valence electrons. The quantitative estimate of drug-likeness (QED) is 0.620. The highest BCUT2D eigenvalue weighted by Crippen LogP contribution is 2.22. The topological polar surface area (TPSA) is 70.6 Å². The fourth-order valence-corrected chi connectivity index (χ4v) is 3.70. The van der Waals surface area contributed by atoms with Gasteiger partial charge in [-0.05, 0) is 75.3 Å². The molecule has 33 heavy (non-hydrogen) atoms. The molecule has 1 aliphatic heterocycles. The van der Waals surface area contributed by atoms with E-state index in [0.29, 0.717) is 11.4 Å². The van der Waals surface area contributed by atoms with Gasteiger partial charge in [-0.25, -0.2) is 0 Å². The van der Waals surface area contributed by atoms with Crippen molar-refractivity contribution in [2.24, 2.45) is 0 Å². The van der Waals surface area contributed by atoms with E-state index in [1.807, 2.05) is 68.4 Å². The largest absolute Gasteiger partial charge is 0.481 e. The number of carbonyl (C=O) groups excluding carboxylic acids is 1. The highest BCUT2D eigenvalue weighted by Gasteiger charge is 2.17. The zero-order chi connectivity index (χ0) is 23.4. The van der Waals surface area contributed by atoms with Crippen molar-refractivity contribution in [1.29, 1.82) is 0 Å². The SMILES string of the molecule is Cc1ccc(OC(C)C(=O)Nc2ccc(-c3ccc(N4CCN(C)CC4)nn3)cc2)cc1C. The lowest BCUT2D eigenvalue weighted by atomic mass is 10.1. The van der Waals surface area contributed by atoms with Gasteiger partial charge in [0.15, 0.2) is 11.9 Å². The Bertz CT molecular complexity index is 1090. The fourth-order valence-electron chi connectivity index (χ4n) is 3.70. The molecule has 4 rings (SSSR count). The van der Waals surface area contributed by atoms with Gasteiger partial charge in [-0.2, -0.15) is 0 Å². The van der Waals surface area contributed by atoms with Gasteiger partial charge in [0.25, 0.3) is 5.91 Å². The maximum absolute atomic E-state index is 12.6. The normalized spacial score (nSPS) is 15.2. The average Bonchev–Trinajstić information content (AvgIpc) is 2.82. The Hall–Kier alpha value is -3.45. The van der Waals surface area contributed by atoms with Crippen LogP contribution < -0.4 is 15.0 Å². The highest BCUT2D eigenvalue weighted by molar-refractivity contribution is 5.94. The Labute approximate surface area is 195 Å². The van der Waals surface area contributed by atoms with Crippen LogP contribution in [-0.4, -0.2) is 60.3 Å². The summed E-state index contributed by atoms with van der Waals surface area (Å²) in [4.78, 5) is 17.1. The fraction of sp³-hybridized carbons (Fsp3) is 0.346. The van der Waals surface area contributed by atoms with E-state index >= 15 is 0 Å². The third kappa shape index (κ3) is 5.68. The van der Waals surface area contributed by atoms with E-state index < -0.39 is 6.10 Å². The molecule has 1 fully saturated rings. The van der Waals surface area contributed by atoms with Crippen LogP contribution in [0.15, 0.2) is 54.6 Å². The van der Waals surface area contributed by atoms with E-state index in [0.717, 1.165) is 48.8 Å². The molecule has 0 saturated carbocycles. The molecular weight excluding hydrogens is 414 g/mol. The van der Waals surface area contributed by atoms with Crippen LogP contribution in [0.4, 0.5) is 11.5 Å². The molecular formula is C26H31N5O2. The lowest BCUT2D eigenvalue weighted by molar-refractivity contribution is -0.122. The van der Waals surface area contributed by atoms with Gasteiger partial charge < -0.3 is 19.9 Å². The number of piperazine rings is 1. The van der Waals surface area contributed by atoms with Gasteiger partial charge in [0.1, 0.15) is 5.75 Å². The zero-order valence-electron chi connectivity index (χ0n) is 19.7. The van der Waals surface area contributed by atoms with Crippen molar-refractivity contribution in [1.82, 2.24) is 15.1 Å². The zero-order valence-corrected chi connectivity index (χ0v) is 19.7. The predicted octanol–water partition coefficient (Wildman–Crippen LogP) is 3.92. The molecule has 1 saturated heterocycles. The van der Waals surface area contributed by atoms with Gasteiger partial charge in [-0.3, -0.25) is 4.79 Å². The minimum absolute atomic E-state index is 0.197. The third-order valence-electron chi connectivity index (χ3n) is 6.09. The standard InChI is InChI=1S/C26H31N5O2/c1-18-5-10-23(17-19(18)2)33-20(3)26(32)27-22-8-6-21(7-9-22)24-11-12-25(29-28-24)31-15-13-30(4)14-16-31/h5-12,17,20H,13-16H2,1-4H3,(H,27,32). The summed E-state index contributed by atoms with van der Waals surface area (Å²) in [5, 5.41) is 11.7. The second-order valence-electron chi connectivity index (χ2n) is 8.64. The maximum atomic E-state index is 12.6. The van der Waals surface area contributed by atoms with Crippen LogP contribution in [0, 0.1) is 13.8 Å². The number of nitrogens with zero attached hydrogens (tertiary/aromatic N) is 4. The molecule has 0 spiro atoms. The van der Waals surface area contributed by atoms with E-state index in [1.165, 1.54) is 5.56 Å². The summed E-state index contributed by atoms with van der Waals surface area (Å²) in [6.07, 6.45) is -0.611. The van der Waals surface area contributed by atoms with Gasteiger partial charge in [-0.1, -0.05) is 18.2 Å².